The lowest BCUT2D eigenvalue weighted by atomic mass is 10.0. The minimum atomic E-state index is 0.483. The minimum Gasteiger partial charge on any atom is -0.315 e. The molecule has 1 aromatic heterocycles. The molecule has 0 radical (unpaired) electrons. The summed E-state index contributed by atoms with van der Waals surface area (Å²) in [6.07, 6.45) is 4.29. The van der Waals surface area contributed by atoms with E-state index < -0.39 is 0 Å². The van der Waals surface area contributed by atoms with Crippen LogP contribution >= 0.6 is 0 Å². The van der Waals surface area contributed by atoms with Gasteiger partial charge in [0.1, 0.15) is 0 Å². The lowest BCUT2D eigenvalue weighted by Crippen LogP contribution is -2.32. The minimum absolute atomic E-state index is 0.483. The fraction of sp³-hybridized carbons (Fsp3) is 0.643. The maximum atomic E-state index is 4.59. The highest BCUT2D eigenvalue weighted by molar-refractivity contribution is 5.21. The quantitative estimate of drug-likeness (QED) is 0.867. The van der Waals surface area contributed by atoms with Gasteiger partial charge in [-0.3, -0.25) is 9.88 Å². The van der Waals surface area contributed by atoms with Crippen LogP contribution in [0.15, 0.2) is 18.3 Å². The summed E-state index contributed by atoms with van der Waals surface area (Å²) in [4.78, 5) is 7.17. The van der Waals surface area contributed by atoms with Crippen LogP contribution in [0.4, 0.5) is 0 Å². The highest BCUT2D eigenvalue weighted by Crippen LogP contribution is 2.25. The van der Waals surface area contributed by atoms with Gasteiger partial charge in [-0.15, -0.1) is 0 Å². The van der Waals surface area contributed by atoms with Crippen LogP contribution in [0, 0.1) is 6.92 Å². The first-order valence-corrected chi connectivity index (χ1v) is 6.69. The van der Waals surface area contributed by atoms with Crippen molar-refractivity contribution >= 4 is 0 Å². The van der Waals surface area contributed by atoms with Crippen LogP contribution in [0.25, 0.3) is 0 Å². The van der Waals surface area contributed by atoms with E-state index in [-0.39, 0.29) is 0 Å². The number of hydrogen-bond donors (Lipinski definition) is 1. The summed E-state index contributed by atoms with van der Waals surface area (Å²) in [5, 5.41) is 3.46. The predicted octanol–water partition coefficient (Wildman–Crippen LogP) is 2.14. The van der Waals surface area contributed by atoms with Gasteiger partial charge in [0.15, 0.2) is 0 Å². The molecule has 0 amide bonds. The molecule has 0 aromatic carbocycles. The summed E-state index contributed by atoms with van der Waals surface area (Å²) in [5.74, 6) is 0. The molecule has 1 aromatic rings. The van der Waals surface area contributed by atoms with Gasteiger partial charge >= 0.3 is 0 Å². The molecule has 3 heteroatoms. The molecule has 3 nitrogen and oxygen atoms in total. The summed E-state index contributed by atoms with van der Waals surface area (Å²) in [5.41, 5.74) is 2.58. The van der Waals surface area contributed by atoms with Crippen molar-refractivity contribution in [2.75, 3.05) is 26.2 Å². The van der Waals surface area contributed by atoms with Crippen molar-refractivity contribution < 1.29 is 0 Å². The third kappa shape index (κ3) is 3.05. The summed E-state index contributed by atoms with van der Waals surface area (Å²) < 4.78 is 0. The molecule has 0 bridgehead atoms. The average Bonchev–Trinajstić information content (AvgIpc) is 2.62. The SMILES string of the molecule is CCC(c1ncccc1C)N1CCCNCC1. The fourth-order valence-electron chi connectivity index (χ4n) is 2.65. The van der Waals surface area contributed by atoms with Crippen LogP contribution in [0.3, 0.4) is 0 Å². The zero-order valence-electron chi connectivity index (χ0n) is 10.9. The first-order valence-electron chi connectivity index (χ1n) is 6.69. The van der Waals surface area contributed by atoms with E-state index in [9.17, 15) is 0 Å². The van der Waals surface area contributed by atoms with Gasteiger partial charge < -0.3 is 5.32 Å². The zero-order chi connectivity index (χ0) is 12.1. The standard InChI is InChI=1S/C14H23N3/c1-3-13(14-12(2)6-4-8-16-14)17-10-5-7-15-9-11-17/h4,6,8,13,15H,3,5,7,9-11H2,1-2H3. The Hall–Kier alpha value is -0.930. The molecule has 1 fully saturated rings. The molecular formula is C14H23N3. The van der Waals surface area contributed by atoms with Crippen LogP contribution in [-0.2, 0) is 0 Å². The third-order valence-electron chi connectivity index (χ3n) is 3.57. The molecule has 0 saturated carbocycles. The molecule has 1 saturated heterocycles. The molecule has 0 aliphatic carbocycles. The largest absolute Gasteiger partial charge is 0.315 e. The van der Waals surface area contributed by atoms with Gasteiger partial charge in [-0.1, -0.05) is 13.0 Å². The van der Waals surface area contributed by atoms with E-state index in [0.29, 0.717) is 6.04 Å². The van der Waals surface area contributed by atoms with Gasteiger partial charge in [0.25, 0.3) is 0 Å². The van der Waals surface area contributed by atoms with Crippen molar-refractivity contribution in [1.82, 2.24) is 15.2 Å². The first kappa shape index (κ1) is 12.5. The molecule has 2 rings (SSSR count). The van der Waals surface area contributed by atoms with E-state index in [1.807, 2.05) is 12.3 Å². The van der Waals surface area contributed by atoms with Crippen molar-refractivity contribution in [3.05, 3.63) is 29.6 Å². The summed E-state index contributed by atoms with van der Waals surface area (Å²) in [7, 11) is 0. The molecule has 94 valence electrons. The molecule has 1 unspecified atom stereocenters. The monoisotopic (exact) mass is 233 g/mol. The number of nitrogens with zero attached hydrogens (tertiary/aromatic N) is 2. The number of aryl methyl sites for hydroxylation is 1. The van der Waals surface area contributed by atoms with Crippen LogP contribution < -0.4 is 5.32 Å². The Balaban J connectivity index is 2.17. The predicted molar refractivity (Wildman–Crippen MR) is 71.1 cm³/mol. The second-order valence-electron chi connectivity index (χ2n) is 4.77. The molecule has 0 spiro atoms. The van der Waals surface area contributed by atoms with Crippen LogP contribution in [0.1, 0.15) is 37.1 Å². The highest BCUT2D eigenvalue weighted by Gasteiger charge is 2.21. The Kier molecular flexibility index (Phi) is 4.51. The van der Waals surface area contributed by atoms with Crippen LogP contribution in [0.2, 0.25) is 0 Å². The van der Waals surface area contributed by atoms with Crippen molar-refractivity contribution in [2.45, 2.75) is 32.7 Å². The van der Waals surface area contributed by atoms with Crippen molar-refractivity contribution in [3.63, 3.8) is 0 Å². The number of rotatable bonds is 3. The normalized spacial score (nSPS) is 19.9. The second kappa shape index (κ2) is 6.12. The summed E-state index contributed by atoms with van der Waals surface area (Å²) in [6.45, 7) is 8.99. The van der Waals surface area contributed by atoms with Gasteiger partial charge in [0.05, 0.1) is 11.7 Å². The van der Waals surface area contributed by atoms with E-state index in [1.54, 1.807) is 0 Å². The Labute approximate surface area is 104 Å². The summed E-state index contributed by atoms with van der Waals surface area (Å²) in [6, 6.07) is 4.67. The van der Waals surface area contributed by atoms with Crippen LogP contribution in [0.5, 0.6) is 0 Å². The topological polar surface area (TPSA) is 28.2 Å². The van der Waals surface area contributed by atoms with Gasteiger partial charge in [-0.25, -0.2) is 0 Å². The lowest BCUT2D eigenvalue weighted by Gasteiger charge is -2.30. The highest BCUT2D eigenvalue weighted by atomic mass is 15.2. The fourth-order valence-corrected chi connectivity index (χ4v) is 2.65. The maximum Gasteiger partial charge on any atom is 0.0604 e. The number of nitrogens with one attached hydrogen (secondary N) is 1. The lowest BCUT2D eigenvalue weighted by molar-refractivity contribution is 0.200. The molecule has 17 heavy (non-hydrogen) atoms. The van der Waals surface area contributed by atoms with E-state index in [2.05, 4.69) is 35.1 Å². The molecular weight excluding hydrogens is 210 g/mol. The Morgan fingerprint density at radius 1 is 1.41 bits per heavy atom. The number of hydrogen-bond acceptors (Lipinski definition) is 3. The Morgan fingerprint density at radius 2 is 2.29 bits per heavy atom. The van der Waals surface area contributed by atoms with Crippen molar-refractivity contribution in [3.8, 4) is 0 Å². The van der Waals surface area contributed by atoms with E-state index in [4.69, 9.17) is 0 Å². The maximum absolute atomic E-state index is 4.59. The first-order chi connectivity index (χ1) is 8.33. The summed E-state index contributed by atoms with van der Waals surface area (Å²) >= 11 is 0. The second-order valence-corrected chi connectivity index (χ2v) is 4.77. The molecule has 1 aliphatic heterocycles. The van der Waals surface area contributed by atoms with E-state index in [1.165, 1.54) is 24.2 Å². The molecule has 1 N–H and O–H groups in total. The van der Waals surface area contributed by atoms with Crippen LogP contribution in [-0.4, -0.2) is 36.1 Å². The smallest absolute Gasteiger partial charge is 0.0604 e. The molecule has 1 atom stereocenters. The van der Waals surface area contributed by atoms with Gasteiger partial charge in [0, 0.05) is 25.8 Å². The average molecular weight is 233 g/mol. The van der Waals surface area contributed by atoms with Crippen molar-refractivity contribution in [2.24, 2.45) is 0 Å². The third-order valence-corrected chi connectivity index (χ3v) is 3.57. The number of aromatic nitrogens is 1. The number of pyridine rings is 1. The Morgan fingerprint density at radius 3 is 3.06 bits per heavy atom. The van der Waals surface area contributed by atoms with Gasteiger partial charge in [0.2, 0.25) is 0 Å². The molecule has 1 aliphatic rings. The zero-order valence-corrected chi connectivity index (χ0v) is 10.9. The van der Waals surface area contributed by atoms with Crippen molar-refractivity contribution in [1.29, 1.82) is 0 Å². The van der Waals surface area contributed by atoms with E-state index >= 15 is 0 Å². The Bertz CT molecular complexity index is 343. The van der Waals surface area contributed by atoms with E-state index in [0.717, 1.165) is 26.1 Å². The van der Waals surface area contributed by atoms with Gasteiger partial charge in [-0.05, 0) is 37.9 Å². The van der Waals surface area contributed by atoms with Gasteiger partial charge in [-0.2, -0.15) is 0 Å². The molecule has 2 heterocycles.